The predicted molar refractivity (Wildman–Crippen MR) is 108 cm³/mol. The third-order valence-corrected chi connectivity index (χ3v) is 5.57. The Morgan fingerprint density at radius 3 is 2.35 bits per heavy atom. The SMILES string of the molecule is CC1CCN(c2ccc(Nc3ccnc(N4CCCCC4)n3)cc2)CC1. The molecule has 26 heavy (non-hydrogen) atoms. The number of hydrogen-bond donors (Lipinski definition) is 1. The average molecular weight is 351 g/mol. The molecule has 1 aromatic carbocycles. The van der Waals surface area contributed by atoms with Crippen LogP contribution in [0.4, 0.5) is 23.1 Å². The molecular formula is C21H29N5. The predicted octanol–water partition coefficient (Wildman–Crippen LogP) is 4.45. The molecule has 0 unspecified atom stereocenters. The van der Waals surface area contributed by atoms with Gasteiger partial charge in [0.1, 0.15) is 5.82 Å². The van der Waals surface area contributed by atoms with Crippen molar-refractivity contribution in [3.63, 3.8) is 0 Å². The van der Waals surface area contributed by atoms with E-state index in [-0.39, 0.29) is 0 Å². The highest BCUT2D eigenvalue weighted by molar-refractivity contribution is 5.61. The molecule has 0 aliphatic carbocycles. The van der Waals surface area contributed by atoms with Crippen molar-refractivity contribution in [2.45, 2.75) is 39.0 Å². The van der Waals surface area contributed by atoms with Gasteiger partial charge in [-0.3, -0.25) is 0 Å². The topological polar surface area (TPSA) is 44.3 Å². The maximum absolute atomic E-state index is 4.71. The van der Waals surface area contributed by atoms with Gasteiger partial charge in [0.25, 0.3) is 0 Å². The molecule has 1 N–H and O–H groups in total. The molecule has 0 amide bonds. The van der Waals surface area contributed by atoms with Gasteiger partial charge in [-0.05, 0) is 68.4 Å². The highest BCUT2D eigenvalue weighted by atomic mass is 15.3. The van der Waals surface area contributed by atoms with E-state index in [0.29, 0.717) is 0 Å². The fraction of sp³-hybridized carbons (Fsp3) is 0.524. The zero-order chi connectivity index (χ0) is 17.8. The Kier molecular flexibility index (Phi) is 5.23. The first-order valence-electron chi connectivity index (χ1n) is 9.98. The fourth-order valence-electron chi connectivity index (χ4n) is 3.83. The first-order valence-corrected chi connectivity index (χ1v) is 9.98. The summed E-state index contributed by atoms with van der Waals surface area (Å²) in [5.74, 6) is 2.56. The lowest BCUT2D eigenvalue weighted by Crippen LogP contribution is -2.32. The van der Waals surface area contributed by atoms with Crippen molar-refractivity contribution in [2.24, 2.45) is 5.92 Å². The van der Waals surface area contributed by atoms with Crippen LogP contribution in [0.5, 0.6) is 0 Å². The van der Waals surface area contributed by atoms with E-state index in [0.717, 1.165) is 36.5 Å². The van der Waals surface area contributed by atoms with Crippen LogP contribution in [-0.2, 0) is 0 Å². The lowest BCUT2D eigenvalue weighted by molar-refractivity contribution is 0.438. The summed E-state index contributed by atoms with van der Waals surface area (Å²) >= 11 is 0. The maximum Gasteiger partial charge on any atom is 0.227 e. The van der Waals surface area contributed by atoms with Crippen molar-refractivity contribution in [1.29, 1.82) is 0 Å². The number of rotatable bonds is 4. The summed E-state index contributed by atoms with van der Waals surface area (Å²) in [4.78, 5) is 13.9. The van der Waals surface area contributed by atoms with E-state index in [9.17, 15) is 0 Å². The summed E-state index contributed by atoms with van der Waals surface area (Å²) in [5.41, 5.74) is 2.39. The van der Waals surface area contributed by atoms with E-state index in [4.69, 9.17) is 4.98 Å². The second-order valence-electron chi connectivity index (χ2n) is 7.63. The van der Waals surface area contributed by atoms with Crippen LogP contribution in [0, 0.1) is 5.92 Å². The van der Waals surface area contributed by atoms with Crippen LogP contribution in [0.1, 0.15) is 39.0 Å². The van der Waals surface area contributed by atoms with Gasteiger partial charge in [0.05, 0.1) is 0 Å². The normalized spacial score (nSPS) is 18.8. The molecule has 5 nitrogen and oxygen atoms in total. The average Bonchev–Trinajstić information content (AvgIpc) is 2.70. The largest absolute Gasteiger partial charge is 0.372 e. The Bertz CT molecular complexity index is 701. The van der Waals surface area contributed by atoms with E-state index in [1.165, 1.54) is 50.9 Å². The zero-order valence-electron chi connectivity index (χ0n) is 15.7. The Balaban J connectivity index is 1.41. The molecule has 0 saturated carbocycles. The number of piperidine rings is 2. The van der Waals surface area contributed by atoms with Crippen LogP contribution in [0.25, 0.3) is 0 Å². The Morgan fingerprint density at radius 2 is 1.62 bits per heavy atom. The first kappa shape index (κ1) is 17.1. The number of aromatic nitrogens is 2. The molecule has 3 heterocycles. The zero-order valence-corrected chi connectivity index (χ0v) is 15.7. The van der Waals surface area contributed by atoms with Crippen LogP contribution in [0.15, 0.2) is 36.5 Å². The minimum atomic E-state index is 0.841. The number of nitrogens with zero attached hydrogens (tertiary/aromatic N) is 4. The third-order valence-electron chi connectivity index (χ3n) is 5.57. The summed E-state index contributed by atoms with van der Waals surface area (Å²) < 4.78 is 0. The summed E-state index contributed by atoms with van der Waals surface area (Å²) in [6.07, 6.45) is 8.22. The Labute approximate surface area is 156 Å². The third kappa shape index (κ3) is 4.09. The minimum absolute atomic E-state index is 0.841. The highest BCUT2D eigenvalue weighted by Crippen LogP contribution is 2.25. The van der Waals surface area contributed by atoms with Crippen LogP contribution >= 0.6 is 0 Å². The van der Waals surface area contributed by atoms with Gasteiger partial charge in [-0.15, -0.1) is 0 Å². The second-order valence-corrected chi connectivity index (χ2v) is 7.63. The van der Waals surface area contributed by atoms with Gasteiger partial charge in [-0.2, -0.15) is 4.98 Å². The molecule has 0 spiro atoms. The van der Waals surface area contributed by atoms with E-state index < -0.39 is 0 Å². The van der Waals surface area contributed by atoms with Crippen molar-refractivity contribution < 1.29 is 0 Å². The van der Waals surface area contributed by atoms with Crippen molar-refractivity contribution in [3.8, 4) is 0 Å². The number of hydrogen-bond acceptors (Lipinski definition) is 5. The standard InChI is InChI=1S/C21H29N5/c1-17-10-15-25(16-11-17)19-7-5-18(6-8-19)23-20-9-12-22-21(24-20)26-13-3-2-4-14-26/h5-9,12,17H,2-4,10-11,13-16H2,1H3,(H,22,23,24). The van der Waals surface area contributed by atoms with Crippen LogP contribution in [-0.4, -0.2) is 36.1 Å². The van der Waals surface area contributed by atoms with Crippen LogP contribution < -0.4 is 15.1 Å². The lowest BCUT2D eigenvalue weighted by atomic mass is 9.99. The summed E-state index contributed by atoms with van der Waals surface area (Å²) in [7, 11) is 0. The Hall–Kier alpha value is -2.30. The monoisotopic (exact) mass is 351 g/mol. The van der Waals surface area contributed by atoms with Gasteiger partial charge in [0, 0.05) is 43.8 Å². The van der Waals surface area contributed by atoms with E-state index in [2.05, 4.69) is 51.3 Å². The minimum Gasteiger partial charge on any atom is -0.372 e. The summed E-state index contributed by atoms with van der Waals surface area (Å²) in [6, 6.07) is 10.7. The van der Waals surface area contributed by atoms with Crippen LogP contribution in [0.3, 0.4) is 0 Å². The van der Waals surface area contributed by atoms with Crippen LogP contribution in [0.2, 0.25) is 0 Å². The molecule has 0 bridgehead atoms. The Morgan fingerprint density at radius 1 is 0.885 bits per heavy atom. The maximum atomic E-state index is 4.71. The molecule has 4 rings (SSSR count). The summed E-state index contributed by atoms with van der Waals surface area (Å²) in [5, 5.41) is 3.42. The van der Waals surface area contributed by atoms with E-state index in [1.54, 1.807) is 0 Å². The molecule has 2 aromatic rings. The quantitative estimate of drug-likeness (QED) is 0.882. The number of benzene rings is 1. The van der Waals surface area contributed by atoms with E-state index >= 15 is 0 Å². The van der Waals surface area contributed by atoms with Gasteiger partial charge in [0.2, 0.25) is 5.95 Å². The smallest absolute Gasteiger partial charge is 0.227 e. The number of nitrogens with one attached hydrogen (secondary N) is 1. The molecule has 0 atom stereocenters. The molecule has 2 fully saturated rings. The highest BCUT2D eigenvalue weighted by Gasteiger charge is 2.16. The summed E-state index contributed by atoms with van der Waals surface area (Å²) in [6.45, 7) is 6.81. The van der Waals surface area contributed by atoms with Gasteiger partial charge in [-0.1, -0.05) is 6.92 Å². The fourth-order valence-corrected chi connectivity index (χ4v) is 3.83. The van der Waals surface area contributed by atoms with Gasteiger partial charge >= 0.3 is 0 Å². The second kappa shape index (κ2) is 7.94. The van der Waals surface area contributed by atoms with Crippen molar-refractivity contribution in [2.75, 3.05) is 41.3 Å². The molecule has 2 saturated heterocycles. The van der Waals surface area contributed by atoms with Crippen molar-refractivity contribution in [3.05, 3.63) is 36.5 Å². The van der Waals surface area contributed by atoms with Gasteiger partial charge < -0.3 is 15.1 Å². The molecule has 138 valence electrons. The molecule has 0 radical (unpaired) electrons. The lowest BCUT2D eigenvalue weighted by Gasteiger charge is -2.32. The van der Waals surface area contributed by atoms with E-state index in [1.807, 2.05) is 12.3 Å². The molecule has 5 heteroatoms. The molecule has 2 aliphatic rings. The molecular weight excluding hydrogens is 322 g/mol. The van der Waals surface area contributed by atoms with Gasteiger partial charge in [0.15, 0.2) is 0 Å². The van der Waals surface area contributed by atoms with Crippen molar-refractivity contribution >= 4 is 23.1 Å². The van der Waals surface area contributed by atoms with Crippen molar-refractivity contribution in [1.82, 2.24) is 9.97 Å². The first-order chi connectivity index (χ1) is 12.8. The molecule has 1 aromatic heterocycles. The van der Waals surface area contributed by atoms with Gasteiger partial charge in [-0.25, -0.2) is 4.98 Å². The molecule has 2 aliphatic heterocycles. The number of anilines is 4.